The Morgan fingerprint density at radius 2 is 1.18 bits per heavy atom. The van der Waals surface area contributed by atoms with Crippen molar-refractivity contribution in [1.29, 1.82) is 0 Å². The smallest absolute Gasteiger partial charge is 0.150 e. The van der Waals surface area contributed by atoms with Crippen molar-refractivity contribution >= 4 is 47.6 Å². The minimum Gasteiger partial charge on any atom is -0.298 e. The highest BCUT2D eigenvalue weighted by molar-refractivity contribution is 5.81. The van der Waals surface area contributed by atoms with Gasteiger partial charge in [-0.15, -0.1) is 0 Å². The second-order valence-corrected chi connectivity index (χ2v) is 13.7. The summed E-state index contributed by atoms with van der Waals surface area (Å²) in [6.45, 7) is 26.3. The van der Waals surface area contributed by atoms with Crippen LogP contribution in [-0.2, 0) is 4.79 Å². The van der Waals surface area contributed by atoms with Gasteiger partial charge in [-0.05, 0) is 91.3 Å². The van der Waals surface area contributed by atoms with Crippen LogP contribution in [-0.4, -0.2) is 11.3 Å². The Bertz CT molecular complexity index is 2220. The summed E-state index contributed by atoms with van der Waals surface area (Å²) in [5.41, 5.74) is 12.3. The summed E-state index contributed by atoms with van der Waals surface area (Å²) >= 11 is 0. The van der Waals surface area contributed by atoms with Crippen molar-refractivity contribution in [3.05, 3.63) is 227 Å². The molecule has 5 aromatic rings. The van der Waals surface area contributed by atoms with E-state index in [-0.39, 0.29) is 0 Å². The molecule has 60 heavy (non-hydrogen) atoms. The second kappa shape index (κ2) is 32.6. The number of carbonyl (C=O) groups excluding carboxylic acids is 1. The van der Waals surface area contributed by atoms with Gasteiger partial charge in [-0.1, -0.05) is 236 Å². The minimum atomic E-state index is 0.646. The minimum absolute atomic E-state index is 0.646. The lowest BCUT2D eigenvalue weighted by molar-refractivity contribution is -0.104. The molecule has 1 aromatic heterocycles. The molecule has 0 unspecified atom stereocenters. The number of aldehydes is 1. The first-order valence-electron chi connectivity index (χ1n) is 21.2. The van der Waals surface area contributed by atoms with Crippen molar-refractivity contribution in [3.63, 3.8) is 0 Å². The molecule has 312 valence electrons. The van der Waals surface area contributed by atoms with Crippen molar-refractivity contribution < 1.29 is 4.79 Å². The van der Waals surface area contributed by atoms with Crippen LogP contribution in [0.1, 0.15) is 107 Å². The van der Waals surface area contributed by atoms with Gasteiger partial charge in [0.1, 0.15) is 6.29 Å². The number of pyridine rings is 1. The molecular weight excluding hydrogens is 727 g/mol. The maximum atomic E-state index is 10.1. The van der Waals surface area contributed by atoms with Gasteiger partial charge in [0.15, 0.2) is 0 Å². The molecular formula is C58H69NO. The van der Waals surface area contributed by atoms with E-state index in [1.165, 1.54) is 47.1 Å². The summed E-state index contributed by atoms with van der Waals surface area (Å²) in [6, 6.07) is 37.6. The van der Waals surface area contributed by atoms with Crippen LogP contribution in [0.4, 0.5) is 0 Å². The molecule has 0 atom stereocenters. The first kappa shape index (κ1) is 51.6. The largest absolute Gasteiger partial charge is 0.298 e. The van der Waals surface area contributed by atoms with Crippen LogP contribution in [0.25, 0.3) is 41.3 Å². The predicted molar refractivity (Wildman–Crippen MR) is 271 cm³/mol. The third-order valence-corrected chi connectivity index (χ3v) is 8.43. The topological polar surface area (TPSA) is 30.0 Å². The molecule has 0 N–H and O–H groups in total. The Labute approximate surface area is 364 Å². The SMILES string of the molecule is C=C(/C=C\c1ccccc1C)/C=C/c1ccc(/C=C/c2ccc3ccccc3n2)cc1.C=C/C=C(C=O)\C=C/C.CC.CCC.CCC/C=C(C)/C=C\c1ccccc1C. The van der Waals surface area contributed by atoms with E-state index in [9.17, 15) is 4.79 Å². The van der Waals surface area contributed by atoms with Crippen LogP contribution in [0.15, 0.2) is 188 Å². The fourth-order valence-electron chi connectivity index (χ4n) is 5.20. The molecule has 0 fully saturated rings. The molecule has 0 bridgehead atoms. The average molecular weight is 796 g/mol. The zero-order valence-corrected chi connectivity index (χ0v) is 37.9. The number of benzene rings is 4. The Balaban J connectivity index is 0.000000514. The highest BCUT2D eigenvalue weighted by atomic mass is 16.1. The monoisotopic (exact) mass is 796 g/mol. The summed E-state index contributed by atoms with van der Waals surface area (Å²) in [6.07, 6.45) is 30.3. The van der Waals surface area contributed by atoms with E-state index >= 15 is 0 Å². The molecule has 5 rings (SSSR count). The lowest BCUT2D eigenvalue weighted by Crippen LogP contribution is -1.82. The number of fused-ring (bicyclic) bond motifs is 1. The zero-order chi connectivity index (χ0) is 44.4. The van der Waals surface area contributed by atoms with Crippen LogP contribution in [0.3, 0.4) is 0 Å². The standard InChI is InChI=1S/C30H25N.C15H20.C8H10O.C3H8.C2H6/c1-23(12-19-27-8-4-3-7-24(27)2)11-13-25-14-16-26(17-15-25)18-21-29-22-20-28-9-5-6-10-30(28)31-29;1-4-5-8-13(2)11-12-15-10-7-6-9-14(15)3;1-3-5-8(7-9)6-4-2;1-3-2;1-2/h3-22H,1H2,2H3;6-12H,4-5H2,1-3H3;3-7H,1H2,2H3;3H2,1-2H3;1-2H3/b13-11+,19-12-,21-18+;12-11-,13-8+;6-4-,8-5+;;. The molecule has 0 radical (unpaired) electrons. The lowest BCUT2D eigenvalue weighted by Gasteiger charge is -2.00. The van der Waals surface area contributed by atoms with Gasteiger partial charge < -0.3 is 0 Å². The summed E-state index contributed by atoms with van der Waals surface area (Å²) in [5.74, 6) is 0. The molecule has 2 nitrogen and oxygen atoms in total. The molecule has 2 heteroatoms. The summed E-state index contributed by atoms with van der Waals surface area (Å²) in [5, 5.41) is 1.16. The number of nitrogens with zero attached hydrogens (tertiary/aromatic N) is 1. The number of unbranched alkanes of at least 4 members (excludes halogenated alkanes) is 1. The number of hydrogen-bond acceptors (Lipinski definition) is 2. The Morgan fingerprint density at radius 3 is 1.73 bits per heavy atom. The number of aromatic nitrogens is 1. The van der Waals surface area contributed by atoms with Gasteiger partial charge in [0.25, 0.3) is 0 Å². The van der Waals surface area contributed by atoms with E-state index in [0.29, 0.717) is 5.57 Å². The van der Waals surface area contributed by atoms with E-state index in [1.807, 2.05) is 63.3 Å². The normalized spacial score (nSPS) is 11.3. The van der Waals surface area contributed by atoms with Gasteiger partial charge in [-0.25, -0.2) is 4.98 Å². The molecule has 0 aliphatic heterocycles. The van der Waals surface area contributed by atoms with E-state index in [0.717, 1.165) is 39.6 Å². The molecule has 0 saturated heterocycles. The molecule has 4 aromatic carbocycles. The third-order valence-electron chi connectivity index (χ3n) is 8.43. The van der Waals surface area contributed by atoms with Crippen LogP contribution in [0, 0.1) is 13.8 Å². The van der Waals surface area contributed by atoms with Crippen molar-refractivity contribution in [2.75, 3.05) is 0 Å². The number of carbonyl (C=O) groups is 1. The fourth-order valence-corrected chi connectivity index (χ4v) is 5.20. The second-order valence-electron chi connectivity index (χ2n) is 13.7. The van der Waals surface area contributed by atoms with Crippen molar-refractivity contribution in [2.24, 2.45) is 0 Å². The van der Waals surface area contributed by atoms with Crippen LogP contribution in [0.2, 0.25) is 0 Å². The Hall–Kier alpha value is -6.38. The summed E-state index contributed by atoms with van der Waals surface area (Å²) in [4.78, 5) is 14.8. The molecule has 0 saturated carbocycles. The number of para-hydroxylation sites is 1. The highest BCUT2D eigenvalue weighted by Crippen LogP contribution is 2.16. The van der Waals surface area contributed by atoms with E-state index in [2.05, 4.69) is 187 Å². The van der Waals surface area contributed by atoms with Crippen molar-refractivity contribution in [3.8, 4) is 0 Å². The van der Waals surface area contributed by atoms with Crippen LogP contribution in [0.5, 0.6) is 0 Å². The Morgan fingerprint density at radius 1 is 0.650 bits per heavy atom. The number of rotatable bonds is 13. The van der Waals surface area contributed by atoms with Crippen LogP contribution < -0.4 is 0 Å². The first-order chi connectivity index (χ1) is 29.2. The van der Waals surface area contributed by atoms with Gasteiger partial charge in [0.2, 0.25) is 0 Å². The Kier molecular flexibility index (Phi) is 28.0. The molecule has 1 heterocycles. The van der Waals surface area contributed by atoms with Gasteiger partial charge in [-0.2, -0.15) is 0 Å². The molecule has 0 amide bonds. The first-order valence-corrected chi connectivity index (χ1v) is 21.2. The summed E-state index contributed by atoms with van der Waals surface area (Å²) < 4.78 is 0. The quantitative estimate of drug-likeness (QED) is 0.0675. The predicted octanol–water partition coefficient (Wildman–Crippen LogP) is 17.1. The van der Waals surface area contributed by atoms with Gasteiger partial charge in [-0.3, -0.25) is 4.79 Å². The molecule has 0 aliphatic rings. The number of aryl methyl sites for hydroxylation is 2. The van der Waals surface area contributed by atoms with Gasteiger partial charge in [0, 0.05) is 11.0 Å². The third kappa shape index (κ3) is 22.0. The van der Waals surface area contributed by atoms with Crippen molar-refractivity contribution in [2.45, 2.75) is 81.6 Å². The molecule has 0 spiro atoms. The maximum Gasteiger partial charge on any atom is 0.150 e. The van der Waals surface area contributed by atoms with Gasteiger partial charge in [0.05, 0.1) is 11.2 Å². The van der Waals surface area contributed by atoms with E-state index < -0.39 is 0 Å². The van der Waals surface area contributed by atoms with Crippen LogP contribution >= 0.6 is 0 Å². The van der Waals surface area contributed by atoms with E-state index in [1.54, 1.807) is 18.2 Å². The van der Waals surface area contributed by atoms with Gasteiger partial charge >= 0.3 is 0 Å². The maximum absolute atomic E-state index is 10.1. The van der Waals surface area contributed by atoms with E-state index in [4.69, 9.17) is 0 Å². The molecule has 0 aliphatic carbocycles. The fraction of sp³-hybridized carbons (Fsp3) is 0.207. The number of hydrogen-bond donors (Lipinski definition) is 0. The summed E-state index contributed by atoms with van der Waals surface area (Å²) in [7, 11) is 0. The number of allylic oxidation sites excluding steroid dienone is 11. The average Bonchev–Trinajstić information content (AvgIpc) is 3.28. The zero-order valence-electron chi connectivity index (χ0n) is 37.9. The lowest BCUT2D eigenvalue weighted by atomic mass is 10.1. The van der Waals surface area contributed by atoms with Crippen molar-refractivity contribution in [1.82, 2.24) is 4.98 Å². The highest BCUT2D eigenvalue weighted by Gasteiger charge is 1.96.